The molecule has 0 unspecified atom stereocenters. The van der Waals surface area contributed by atoms with Crippen LogP contribution < -0.4 is 0 Å². The van der Waals surface area contributed by atoms with Crippen LogP contribution in [-0.4, -0.2) is 29.4 Å². The van der Waals surface area contributed by atoms with Crippen molar-refractivity contribution in [3.8, 4) is 0 Å². The molecule has 1 aliphatic rings. The highest BCUT2D eigenvalue weighted by Crippen LogP contribution is 2.02. The van der Waals surface area contributed by atoms with Gasteiger partial charge < -0.3 is 5.11 Å². The van der Waals surface area contributed by atoms with E-state index in [1.54, 1.807) is 0 Å². The predicted molar refractivity (Wildman–Crippen MR) is 25.3 cm³/mol. The highest BCUT2D eigenvalue weighted by molar-refractivity contribution is 5.63. The Hall–Kier alpha value is -0.770. The SMILES string of the molecule is O=C(O)N1CCCO1. The molecule has 1 N–H and O–H groups in total. The zero-order valence-corrected chi connectivity index (χ0v) is 4.33. The van der Waals surface area contributed by atoms with Crippen molar-refractivity contribution >= 4 is 6.09 Å². The van der Waals surface area contributed by atoms with Gasteiger partial charge in [0.25, 0.3) is 0 Å². The third-order valence-electron chi connectivity index (χ3n) is 0.966. The lowest BCUT2D eigenvalue weighted by molar-refractivity contribution is -0.0830. The van der Waals surface area contributed by atoms with Crippen molar-refractivity contribution in [2.24, 2.45) is 0 Å². The zero-order chi connectivity index (χ0) is 5.98. The first-order valence-corrected chi connectivity index (χ1v) is 2.44. The lowest BCUT2D eigenvalue weighted by Gasteiger charge is -2.06. The second-order valence-corrected chi connectivity index (χ2v) is 1.57. The normalized spacial score (nSPS) is 19.2. The largest absolute Gasteiger partial charge is 0.463 e. The lowest BCUT2D eigenvalue weighted by atomic mass is 10.5. The second-order valence-electron chi connectivity index (χ2n) is 1.57. The quantitative estimate of drug-likeness (QED) is 0.496. The molecule has 1 heterocycles. The number of rotatable bonds is 0. The minimum absolute atomic E-state index is 0.509. The summed E-state index contributed by atoms with van der Waals surface area (Å²) in [6.45, 7) is 1.04. The number of hydrogen-bond donors (Lipinski definition) is 1. The van der Waals surface area contributed by atoms with Crippen LogP contribution in [0, 0.1) is 0 Å². The fourth-order valence-corrected chi connectivity index (χ4v) is 0.598. The molecule has 0 aromatic rings. The fraction of sp³-hybridized carbons (Fsp3) is 0.750. The van der Waals surface area contributed by atoms with E-state index in [9.17, 15) is 4.79 Å². The molecule has 0 atom stereocenters. The van der Waals surface area contributed by atoms with E-state index < -0.39 is 6.09 Å². The van der Waals surface area contributed by atoms with Crippen LogP contribution >= 0.6 is 0 Å². The first kappa shape index (κ1) is 5.37. The highest BCUT2D eigenvalue weighted by atomic mass is 16.7. The number of carbonyl (C=O) groups is 1. The Morgan fingerprint density at radius 3 is 2.75 bits per heavy atom. The summed E-state index contributed by atoms with van der Waals surface area (Å²) in [6.07, 6.45) is -0.186. The molecule has 0 aromatic carbocycles. The molecule has 1 saturated heterocycles. The molecule has 0 spiro atoms. The van der Waals surface area contributed by atoms with Crippen molar-refractivity contribution in [2.45, 2.75) is 6.42 Å². The summed E-state index contributed by atoms with van der Waals surface area (Å²) in [5.41, 5.74) is 0. The standard InChI is InChI=1S/C4H7NO3/c6-4(7)5-2-1-3-8-5/h1-3H2,(H,6,7). The van der Waals surface area contributed by atoms with Crippen molar-refractivity contribution < 1.29 is 14.7 Å². The van der Waals surface area contributed by atoms with Gasteiger partial charge in [0.2, 0.25) is 0 Å². The molecule has 0 bridgehead atoms. The average molecular weight is 117 g/mol. The van der Waals surface area contributed by atoms with Crippen LogP contribution in [0.3, 0.4) is 0 Å². The molecule has 0 radical (unpaired) electrons. The predicted octanol–water partition coefficient (Wildman–Crippen LogP) is 0.302. The van der Waals surface area contributed by atoms with Gasteiger partial charge in [0.05, 0.1) is 13.2 Å². The molecule has 0 aliphatic carbocycles. The Kier molecular flexibility index (Phi) is 1.34. The van der Waals surface area contributed by atoms with Gasteiger partial charge in [-0.1, -0.05) is 0 Å². The first-order valence-electron chi connectivity index (χ1n) is 2.44. The first-order chi connectivity index (χ1) is 3.80. The van der Waals surface area contributed by atoms with Crippen molar-refractivity contribution in [1.82, 2.24) is 5.06 Å². The maximum absolute atomic E-state index is 10.0. The van der Waals surface area contributed by atoms with E-state index in [2.05, 4.69) is 4.84 Å². The van der Waals surface area contributed by atoms with Crippen LogP contribution in [0.25, 0.3) is 0 Å². The van der Waals surface area contributed by atoms with Crippen LogP contribution in [0.1, 0.15) is 6.42 Å². The molecular weight excluding hydrogens is 110 g/mol. The molecule has 1 amide bonds. The number of amides is 1. The number of hydrogen-bond acceptors (Lipinski definition) is 2. The summed E-state index contributed by atoms with van der Waals surface area (Å²) in [4.78, 5) is 14.7. The molecule has 0 saturated carbocycles. The smallest absolute Gasteiger partial charge is 0.431 e. The van der Waals surface area contributed by atoms with Gasteiger partial charge in [-0.25, -0.2) is 4.79 Å². The molecule has 4 nitrogen and oxygen atoms in total. The lowest BCUT2D eigenvalue weighted by Crippen LogP contribution is -2.23. The van der Waals surface area contributed by atoms with Crippen LogP contribution in [0.15, 0.2) is 0 Å². The molecule has 46 valence electrons. The van der Waals surface area contributed by atoms with E-state index in [4.69, 9.17) is 5.11 Å². The molecule has 8 heavy (non-hydrogen) atoms. The highest BCUT2D eigenvalue weighted by Gasteiger charge is 2.16. The molecule has 1 aliphatic heterocycles. The van der Waals surface area contributed by atoms with Gasteiger partial charge in [-0.15, -0.1) is 0 Å². The van der Waals surface area contributed by atoms with E-state index in [0.717, 1.165) is 11.5 Å². The van der Waals surface area contributed by atoms with E-state index in [0.29, 0.717) is 13.2 Å². The van der Waals surface area contributed by atoms with Gasteiger partial charge in [0, 0.05) is 0 Å². The molecule has 1 rings (SSSR count). The van der Waals surface area contributed by atoms with Gasteiger partial charge in [-0.05, 0) is 6.42 Å². The van der Waals surface area contributed by atoms with Gasteiger partial charge >= 0.3 is 6.09 Å². The molecule has 0 aromatic heterocycles. The van der Waals surface area contributed by atoms with Gasteiger partial charge in [0.15, 0.2) is 0 Å². The van der Waals surface area contributed by atoms with Gasteiger partial charge in [-0.3, -0.25) is 4.84 Å². The third-order valence-corrected chi connectivity index (χ3v) is 0.966. The Morgan fingerprint density at radius 2 is 2.50 bits per heavy atom. The van der Waals surface area contributed by atoms with Crippen molar-refractivity contribution in [3.05, 3.63) is 0 Å². The number of hydroxylamine groups is 2. The van der Waals surface area contributed by atoms with E-state index >= 15 is 0 Å². The van der Waals surface area contributed by atoms with Crippen molar-refractivity contribution in [2.75, 3.05) is 13.2 Å². The Bertz CT molecular complexity index is 97.5. The number of nitrogens with zero attached hydrogens (tertiary/aromatic N) is 1. The van der Waals surface area contributed by atoms with Gasteiger partial charge in [0.1, 0.15) is 0 Å². The van der Waals surface area contributed by atoms with Crippen molar-refractivity contribution in [3.63, 3.8) is 0 Å². The Morgan fingerprint density at radius 1 is 1.75 bits per heavy atom. The topological polar surface area (TPSA) is 49.8 Å². The van der Waals surface area contributed by atoms with Crippen LogP contribution in [0.5, 0.6) is 0 Å². The minimum Gasteiger partial charge on any atom is -0.463 e. The van der Waals surface area contributed by atoms with Crippen molar-refractivity contribution in [1.29, 1.82) is 0 Å². The maximum atomic E-state index is 10.0. The summed E-state index contributed by atoms with van der Waals surface area (Å²) in [5.74, 6) is 0. The fourth-order valence-electron chi connectivity index (χ4n) is 0.598. The Labute approximate surface area is 46.6 Å². The summed E-state index contributed by atoms with van der Waals surface area (Å²) >= 11 is 0. The third kappa shape index (κ3) is 0.894. The van der Waals surface area contributed by atoms with Crippen LogP contribution in [-0.2, 0) is 4.84 Å². The summed E-state index contributed by atoms with van der Waals surface area (Å²) in [5, 5.41) is 9.16. The average Bonchev–Trinajstić information content (AvgIpc) is 2.12. The molecule has 4 heteroatoms. The zero-order valence-electron chi connectivity index (χ0n) is 4.33. The van der Waals surface area contributed by atoms with Gasteiger partial charge in [-0.2, -0.15) is 5.06 Å². The van der Waals surface area contributed by atoms with E-state index in [-0.39, 0.29) is 0 Å². The van der Waals surface area contributed by atoms with E-state index in [1.165, 1.54) is 0 Å². The second kappa shape index (κ2) is 2.00. The molecule has 1 fully saturated rings. The monoisotopic (exact) mass is 117 g/mol. The Balaban J connectivity index is 2.35. The number of carboxylic acid groups (broad SMARTS) is 1. The van der Waals surface area contributed by atoms with Crippen LogP contribution in [0.4, 0.5) is 4.79 Å². The minimum atomic E-state index is -0.998. The van der Waals surface area contributed by atoms with Crippen LogP contribution in [0.2, 0.25) is 0 Å². The maximum Gasteiger partial charge on any atom is 0.431 e. The van der Waals surface area contributed by atoms with E-state index in [1.807, 2.05) is 0 Å². The molecular formula is C4H7NO3. The summed E-state index contributed by atoms with van der Waals surface area (Å²) < 4.78 is 0. The summed E-state index contributed by atoms with van der Waals surface area (Å²) in [6, 6.07) is 0. The summed E-state index contributed by atoms with van der Waals surface area (Å²) in [7, 11) is 0.